The van der Waals surface area contributed by atoms with E-state index >= 15 is 0 Å². The molecular weight excluding hydrogens is 356 g/mol. The average Bonchev–Trinajstić information content (AvgIpc) is 3.24. The van der Waals surface area contributed by atoms with Crippen LogP contribution < -0.4 is 16.4 Å². The summed E-state index contributed by atoms with van der Waals surface area (Å²) in [7, 11) is 0. The van der Waals surface area contributed by atoms with Gasteiger partial charge in [-0.05, 0) is 31.0 Å². The molecule has 1 aromatic carbocycles. The highest BCUT2D eigenvalue weighted by Crippen LogP contribution is 2.24. The molecule has 4 N–H and O–H groups in total. The number of primary amides is 1. The summed E-state index contributed by atoms with van der Waals surface area (Å²) in [6.45, 7) is 0. The van der Waals surface area contributed by atoms with Crippen molar-refractivity contribution in [1.82, 2.24) is 25.0 Å². The molecule has 1 aliphatic carbocycles. The maximum atomic E-state index is 11.8. The maximum Gasteiger partial charge on any atom is 0.254 e. The van der Waals surface area contributed by atoms with E-state index in [4.69, 9.17) is 5.73 Å². The van der Waals surface area contributed by atoms with Crippen LogP contribution in [0.4, 0.5) is 17.5 Å². The van der Waals surface area contributed by atoms with Crippen LogP contribution >= 0.6 is 0 Å². The number of benzene rings is 1. The molecule has 1 fully saturated rings. The van der Waals surface area contributed by atoms with Crippen molar-refractivity contribution in [3.8, 4) is 5.69 Å². The normalized spacial score (nSPS) is 14.6. The van der Waals surface area contributed by atoms with E-state index in [0.29, 0.717) is 17.8 Å². The van der Waals surface area contributed by atoms with Crippen molar-refractivity contribution in [3.63, 3.8) is 0 Å². The summed E-state index contributed by atoms with van der Waals surface area (Å²) in [6.07, 6.45) is 10.6. The highest BCUT2D eigenvalue weighted by molar-refractivity contribution is 5.98. The van der Waals surface area contributed by atoms with Crippen LogP contribution in [0.3, 0.4) is 0 Å². The first-order chi connectivity index (χ1) is 13.7. The second-order valence-electron chi connectivity index (χ2n) is 6.79. The molecule has 1 amide bonds. The van der Waals surface area contributed by atoms with Gasteiger partial charge in [-0.2, -0.15) is 20.0 Å². The number of rotatable bonds is 6. The first-order valence-electron chi connectivity index (χ1n) is 9.36. The molecule has 2 heterocycles. The van der Waals surface area contributed by atoms with Gasteiger partial charge in [0.25, 0.3) is 5.91 Å². The zero-order valence-electron chi connectivity index (χ0n) is 15.4. The minimum absolute atomic E-state index is 0.233. The van der Waals surface area contributed by atoms with Gasteiger partial charge in [-0.15, -0.1) is 0 Å². The summed E-state index contributed by atoms with van der Waals surface area (Å²) < 4.78 is 0. The number of hydrogen-bond acceptors (Lipinski definition) is 7. The Morgan fingerprint density at radius 1 is 1.14 bits per heavy atom. The fraction of sp³-hybridized carbons (Fsp3) is 0.316. The lowest BCUT2D eigenvalue weighted by Crippen LogP contribution is -2.24. The van der Waals surface area contributed by atoms with Gasteiger partial charge in [0.1, 0.15) is 11.4 Å². The predicted molar refractivity (Wildman–Crippen MR) is 106 cm³/mol. The lowest BCUT2D eigenvalue weighted by atomic mass is 9.96. The van der Waals surface area contributed by atoms with E-state index in [1.807, 2.05) is 24.3 Å². The molecule has 0 radical (unpaired) electrons. The molecular formula is C19H22N8O. The standard InChI is InChI=1S/C19H22N8O/c20-17(28)16-12-21-19(25-13-5-2-1-3-6-13)26-18(16)24-14-7-4-8-15(11-14)27-22-9-10-23-27/h4,7-13H,1-3,5-6H2,(H2,20,28)(H2,21,24,25,26). The highest BCUT2D eigenvalue weighted by Gasteiger charge is 2.17. The minimum Gasteiger partial charge on any atom is -0.365 e. The lowest BCUT2D eigenvalue weighted by molar-refractivity contribution is 0.100. The van der Waals surface area contributed by atoms with Gasteiger partial charge < -0.3 is 16.4 Å². The number of nitrogens with one attached hydrogen (secondary N) is 2. The number of carbonyl (C=O) groups is 1. The van der Waals surface area contributed by atoms with Gasteiger partial charge in [0.15, 0.2) is 0 Å². The Hall–Kier alpha value is -3.49. The molecule has 4 rings (SSSR count). The summed E-state index contributed by atoms with van der Waals surface area (Å²) in [5, 5.41) is 14.8. The Balaban J connectivity index is 1.59. The fourth-order valence-corrected chi connectivity index (χ4v) is 3.35. The van der Waals surface area contributed by atoms with Crippen molar-refractivity contribution in [3.05, 3.63) is 48.4 Å². The van der Waals surface area contributed by atoms with E-state index in [9.17, 15) is 4.79 Å². The quantitative estimate of drug-likeness (QED) is 0.602. The van der Waals surface area contributed by atoms with Crippen molar-refractivity contribution in [2.45, 2.75) is 38.1 Å². The summed E-state index contributed by atoms with van der Waals surface area (Å²) in [4.78, 5) is 22.1. The Bertz CT molecular complexity index is 950. The Morgan fingerprint density at radius 2 is 1.93 bits per heavy atom. The monoisotopic (exact) mass is 378 g/mol. The third-order valence-electron chi connectivity index (χ3n) is 4.75. The van der Waals surface area contributed by atoms with E-state index in [0.717, 1.165) is 24.2 Å². The number of carbonyl (C=O) groups excluding carboxylic acids is 1. The summed E-state index contributed by atoms with van der Waals surface area (Å²) in [6, 6.07) is 7.84. The number of anilines is 3. The number of hydrogen-bond donors (Lipinski definition) is 3. The third kappa shape index (κ3) is 4.08. The van der Waals surface area contributed by atoms with Crippen LogP contribution in [-0.2, 0) is 0 Å². The topological polar surface area (TPSA) is 124 Å². The number of nitrogens with zero attached hydrogens (tertiary/aromatic N) is 5. The second kappa shape index (κ2) is 8.03. The maximum absolute atomic E-state index is 11.8. The Morgan fingerprint density at radius 3 is 2.68 bits per heavy atom. The summed E-state index contributed by atoms with van der Waals surface area (Å²) in [5.74, 6) is 0.271. The van der Waals surface area contributed by atoms with Crippen LogP contribution in [0.5, 0.6) is 0 Å². The zero-order valence-corrected chi connectivity index (χ0v) is 15.4. The Labute approximate surface area is 162 Å². The molecule has 0 bridgehead atoms. The van der Waals surface area contributed by atoms with Crippen molar-refractivity contribution in [2.75, 3.05) is 10.6 Å². The third-order valence-corrected chi connectivity index (χ3v) is 4.75. The summed E-state index contributed by atoms with van der Waals surface area (Å²) >= 11 is 0. The van der Waals surface area contributed by atoms with Crippen LogP contribution in [0, 0.1) is 0 Å². The van der Waals surface area contributed by atoms with Crippen molar-refractivity contribution in [2.24, 2.45) is 5.73 Å². The highest BCUT2D eigenvalue weighted by atomic mass is 16.1. The molecule has 28 heavy (non-hydrogen) atoms. The fourth-order valence-electron chi connectivity index (χ4n) is 3.35. The van der Waals surface area contributed by atoms with Gasteiger partial charge in [-0.1, -0.05) is 25.3 Å². The van der Waals surface area contributed by atoms with Crippen molar-refractivity contribution >= 4 is 23.4 Å². The van der Waals surface area contributed by atoms with E-state index in [-0.39, 0.29) is 5.56 Å². The smallest absolute Gasteiger partial charge is 0.254 e. The SMILES string of the molecule is NC(=O)c1cnc(NC2CCCCC2)nc1Nc1cccc(-n2nccn2)c1. The Kier molecular flexibility index (Phi) is 5.14. The second-order valence-corrected chi connectivity index (χ2v) is 6.79. The van der Waals surface area contributed by atoms with E-state index in [1.54, 1.807) is 12.4 Å². The molecule has 0 aliphatic heterocycles. The lowest BCUT2D eigenvalue weighted by Gasteiger charge is -2.23. The van der Waals surface area contributed by atoms with E-state index in [2.05, 4.69) is 30.8 Å². The van der Waals surface area contributed by atoms with Gasteiger partial charge in [-0.3, -0.25) is 4.79 Å². The largest absolute Gasteiger partial charge is 0.365 e. The molecule has 3 aromatic rings. The predicted octanol–water partition coefficient (Wildman–Crippen LogP) is 2.64. The minimum atomic E-state index is -0.586. The van der Waals surface area contributed by atoms with Crippen molar-refractivity contribution in [1.29, 1.82) is 0 Å². The van der Waals surface area contributed by atoms with Crippen LogP contribution in [-0.4, -0.2) is 36.9 Å². The van der Waals surface area contributed by atoms with Crippen LogP contribution in [0.1, 0.15) is 42.5 Å². The zero-order chi connectivity index (χ0) is 19.3. The van der Waals surface area contributed by atoms with Gasteiger partial charge in [0, 0.05) is 17.9 Å². The van der Waals surface area contributed by atoms with Crippen LogP contribution in [0.25, 0.3) is 5.69 Å². The molecule has 9 heteroatoms. The molecule has 0 unspecified atom stereocenters. The molecule has 9 nitrogen and oxygen atoms in total. The van der Waals surface area contributed by atoms with E-state index < -0.39 is 5.91 Å². The molecule has 1 saturated carbocycles. The molecule has 2 aromatic heterocycles. The molecule has 144 valence electrons. The van der Waals surface area contributed by atoms with Crippen LogP contribution in [0.2, 0.25) is 0 Å². The number of aromatic nitrogens is 5. The van der Waals surface area contributed by atoms with Gasteiger partial charge >= 0.3 is 0 Å². The van der Waals surface area contributed by atoms with E-state index in [1.165, 1.54) is 30.3 Å². The average molecular weight is 378 g/mol. The molecule has 0 atom stereocenters. The molecule has 0 spiro atoms. The number of nitrogens with two attached hydrogens (primary N) is 1. The van der Waals surface area contributed by atoms with Crippen molar-refractivity contribution < 1.29 is 4.79 Å². The number of amides is 1. The molecule has 1 aliphatic rings. The summed E-state index contributed by atoms with van der Waals surface area (Å²) in [5.41, 5.74) is 7.26. The molecule has 0 saturated heterocycles. The first-order valence-corrected chi connectivity index (χ1v) is 9.36. The van der Waals surface area contributed by atoms with Crippen LogP contribution in [0.15, 0.2) is 42.9 Å². The van der Waals surface area contributed by atoms with Gasteiger partial charge in [0.2, 0.25) is 5.95 Å². The van der Waals surface area contributed by atoms with Gasteiger partial charge in [0.05, 0.1) is 18.1 Å². The first kappa shape index (κ1) is 17.9. The van der Waals surface area contributed by atoms with Gasteiger partial charge in [-0.25, -0.2) is 4.98 Å².